The number of piperazine rings is 1. The van der Waals surface area contributed by atoms with E-state index in [2.05, 4.69) is 29.0 Å². The molecule has 0 radical (unpaired) electrons. The molecule has 0 aromatic rings. The van der Waals surface area contributed by atoms with E-state index >= 15 is 0 Å². The van der Waals surface area contributed by atoms with Crippen LogP contribution < -0.4 is 5.32 Å². The molecule has 25 heavy (non-hydrogen) atoms. The summed E-state index contributed by atoms with van der Waals surface area (Å²) in [5.74, 6) is 0.753. The van der Waals surface area contributed by atoms with E-state index in [0.29, 0.717) is 6.04 Å². The summed E-state index contributed by atoms with van der Waals surface area (Å²) in [4.78, 5) is 19.0. The van der Waals surface area contributed by atoms with Crippen LogP contribution in [0.15, 0.2) is 0 Å². The van der Waals surface area contributed by atoms with Gasteiger partial charge in [-0.2, -0.15) is 0 Å². The highest BCUT2D eigenvalue weighted by Crippen LogP contribution is 2.37. The van der Waals surface area contributed by atoms with Crippen LogP contribution in [0.1, 0.15) is 39.5 Å². The van der Waals surface area contributed by atoms with Gasteiger partial charge in [-0.05, 0) is 31.6 Å². The Balaban J connectivity index is 1.50. The van der Waals surface area contributed by atoms with Gasteiger partial charge < -0.3 is 19.9 Å². The van der Waals surface area contributed by atoms with E-state index in [-0.39, 0.29) is 11.6 Å². The number of carbonyl (C=O) groups excluding carboxylic acids is 1. The zero-order chi connectivity index (χ0) is 17.9. The average Bonchev–Trinajstić information content (AvgIpc) is 2.62. The van der Waals surface area contributed by atoms with Crippen molar-refractivity contribution in [3.63, 3.8) is 0 Å². The lowest BCUT2D eigenvalue weighted by Crippen LogP contribution is -2.58. The molecule has 0 aliphatic carbocycles. The Kier molecular flexibility index (Phi) is 6.23. The van der Waals surface area contributed by atoms with Gasteiger partial charge in [0.25, 0.3) is 0 Å². The topological polar surface area (TPSA) is 48.1 Å². The molecule has 1 N–H and O–H groups in total. The number of hydrogen-bond acceptors (Lipinski definition) is 4. The number of amides is 2. The van der Waals surface area contributed by atoms with E-state index in [4.69, 9.17) is 4.74 Å². The molecule has 1 unspecified atom stereocenters. The molecule has 1 atom stereocenters. The van der Waals surface area contributed by atoms with Crippen LogP contribution in [-0.2, 0) is 4.74 Å². The molecule has 3 fully saturated rings. The van der Waals surface area contributed by atoms with Crippen molar-refractivity contribution in [1.29, 1.82) is 0 Å². The first-order valence-electron chi connectivity index (χ1n) is 10.1. The highest BCUT2D eigenvalue weighted by atomic mass is 16.5. The van der Waals surface area contributed by atoms with Crippen LogP contribution >= 0.6 is 0 Å². The predicted octanol–water partition coefficient (Wildman–Crippen LogP) is 1.61. The minimum atomic E-state index is 0.00249. The summed E-state index contributed by atoms with van der Waals surface area (Å²) in [5, 5.41) is 2.74. The minimum Gasteiger partial charge on any atom is -0.375 e. The van der Waals surface area contributed by atoms with Gasteiger partial charge in [-0.25, -0.2) is 4.79 Å². The van der Waals surface area contributed by atoms with E-state index in [0.717, 1.165) is 51.3 Å². The van der Waals surface area contributed by atoms with Crippen LogP contribution in [0, 0.1) is 5.92 Å². The molecule has 3 rings (SSSR count). The van der Waals surface area contributed by atoms with Gasteiger partial charge >= 0.3 is 6.03 Å². The summed E-state index contributed by atoms with van der Waals surface area (Å²) >= 11 is 0. The lowest BCUT2D eigenvalue weighted by atomic mass is 9.81. The number of nitrogens with one attached hydrogen (secondary N) is 1. The van der Waals surface area contributed by atoms with Gasteiger partial charge in [0.2, 0.25) is 0 Å². The molecule has 3 aliphatic rings. The molecule has 6 heteroatoms. The van der Waals surface area contributed by atoms with Crippen molar-refractivity contribution in [2.24, 2.45) is 5.92 Å². The average molecular weight is 353 g/mol. The van der Waals surface area contributed by atoms with Gasteiger partial charge in [0.1, 0.15) is 0 Å². The first-order chi connectivity index (χ1) is 12.0. The van der Waals surface area contributed by atoms with Gasteiger partial charge in [0, 0.05) is 65.5 Å². The molecule has 3 aliphatic heterocycles. The molecular formula is C19H36N4O2. The molecule has 6 nitrogen and oxygen atoms in total. The van der Waals surface area contributed by atoms with Gasteiger partial charge in [0.05, 0.1) is 5.60 Å². The van der Waals surface area contributed by atoms with Crippen LogP contribution in [0.5, 0.6) is 0 Å². The summed E-state index contributed by atoms with van der Waals surface area (Å²) in [5.41, 5.74) is 0.00249. The third-order valence-corrected chi connectivity index (χ3v) is 6.19. The zero-order valence-electron chi connectivity index (χ0n) is 16.3. The summed E-state index contributed by atoms with van der Waals surface area (Å²) < 4.78 is 6.27. The van der Waals surface area contributed by atoms with E-state index in [1.807, 2.05) is 4.90 Å². The SMILES string of the molecule is CNC(=O)N1CCC2(CC1)CC(N1CCN(CC(C)C)CC1)CCO2. The van der Waals surface area contributed by atoms with Crippen LogP contribution in [0.3, 0.4) is 0 Å². The number of carbonyl (C=O) groups is 1. The third kappa shape index (κ3) is 4.66. The standard InChI is InChI=1S/C19H36N4O2/c1-16(2)15-21-9-11-22(12-10-21)17-4-13-25-19(14-17)5-7-23(8-6-19)18(24)20-3/h16-17H,4-15H2,1-3H3,(H,20,24). The van der Waals surface area contributed by atoms with Crippen molar-refractivity contribution >= 4 is 6.03 Å². The van der Waals surface area contributed by atoms with Crippen molar-refractivity contribution in [1.82, 2.24) is 20.0 Å². The molecule has 144 valence electrons. The molecule has 3 heterocycles. The Morgan fingerprint density at radius 3 is 2.44 bits per heavy atom. The van der Waals surface area contributed by atoms with Crippen LogP contribution in [0.2, 0.25) is 0 Å². The summed E-state index contributed by atoms with van der Waals surface area (Å²) in [7, 11) is 1.71. The van der Waals surface area contributed by atoms with Crippen molar-refractivity contribution in [3.05, 3.63) is 0 Å². The number of hydrogen-bond donors (Lipinski definition) is 1. The molecule has 0 aromatic carbocycles. The van der Waals surface area contributed by atoms with Crippen molar-refractivity contribution in [2.45, 2.75) is 51.2 Å². The summed E-state index contributed by atoms with van der Waals surface area (Å²) in [6.07, 6.45) is 4.25. The highest BCUT2D eigenvalue weighted by Gasteiger charge is 2.42. The highest BCUT2D eigenvalue weighted by molar-refractivity contribution is 5.73. The largest absolute Gasteiger partial charge is 0.375 e. The molecule has 1 spiro atoms. The van der Waals surface area contributed by atoms with Gasteiger partial charge in [-0.3, -0.25) is 4.90 Å². The fourth-order valence-corrected chi connectivity index (χ4v) is 4.76. The molecular weight excluding hydrogens is 316 g/mol. The Morgan fingerprint density at radius 2 is 1.84 bits per heavy atom. The number of urea groups is 1. The predicted molar refractivity (Wildman–Crippen MR) is 99.8 cm³/mol. The van der Waals surface area contributed by atoms with Gasteiger partial charge in [0.15, 0.2) is 0 Å². The molecule has 0 bridgehead atoms. The summed E-state index contributed by atoms with van der Waals surface area (Å²) in [6, 6.07) is 0.699. The van der Waals surface area contributed by atoms with Crippen LogP contribution in [0.25, 0.3) is 0 Å². The Bertz CT molecular complexity index is 441. The maximum Gasteiger partial charge on any atom is 0.317 e. The number of ether oxygens (including phenoxy) is 1. The van der Waals surface area contributed by atoms with E-state index in [1.54, 1.807) is 7.05 Å². The first kappa shape index (κ1) is 18.9. The van der Waals surface area contributed by atoms with Crippen LogP contribution in [0.4, 0.5) is 4.79 Å². The zero-order valence-corrected chi connectivity index (χ0v) is 16.3. The number of nitrogens with zero attached hydrogens (tertiary/aromatic N) is 3. The van der Waals surface area contributed by atoms with E-state index in [1.165, 1.54) is 32.7 Å². The minimum absolute atomic E-state index is 0.00249. The lowest BCUT2D eigenvalue weighted by molar-refractivity contribution is -0.132. The second kappa shape index (κ2) is 8.23. The normalized spacial score (nSPS) is 28.5. The lowest BCUT2D eigenvalue weighted by Gasteiger charge is -2.49. The maximum absolute atomic E-state index is 11.8. The van der Waals surface area contributed by atoms with Crippen molar-refractivity contribution < 1.29 is 9.53 Å². The fourth-order valence-electron chi connectivity index (χ4n) is 4.76. The Morgan fingerprint density at radius 1 is 1.16 bits per heavy atom. The van der Waals surface area contributed by atoms with Crippen LogP contribution in [-0.4, -0.2) is 91.8 Å². The first-order valence-corrected chi connectivity index (χ1v) is 10.1. The van der Waals surface area contributed by atoms with Gasteiger partial charge in [-0.15, -0.1) is 0 Å². The monoisotopic (exact) mass is 352 g/mol. The smallest absolute Gasteiger partial charge is 0.317 e. The quantitative estimate of drug-likeness (QED) is 0.838. The third-order valence-electron chi connectivity index (χ3n) is 6.19. The number of piperidine rings is 1. The maximum atomic E-state index is 11.8. The van der Waals surface area contributed by atoms with E-state index < -0.39 is 0 Å². The van der Waals surface area contributed by atoms with Gasteiger partial charge in [-0.1, -0.05) is 13.8 Å². The van der Waals surface area contributed by atoms with Crippen molar-refractivity contribution in [3.8, 4) is 0 Å². The molecule has 2 amide bonds. The molecule has 0 saturated carbocycles. The second-order valence-electron chi connectivity index (χ2n) is 8.45. The van der Waals surface area contributed by atoms with E-state index in [9.17, 15) is 4.79 Å². The molecule has 0 aromatic heterocycles. The second-order valence-corrected chi connectivity index (χ2v) is 8.45. The van der Waals surface area contributed by atoms with Crippen molar-refractivity contribution in [2.75, 3.05) is 59.5 Å². The molecule has 3 saturated heterocycles. The Labute approximate surface area is 152 Å². The summed E-state index contributed by atoms with van der Waals surface area (Å²) in [6.45, 7) is 13.1. The fraction of sp³-hybridized carbons (Fsp3) is 0.947. The number of likely N-dealkylation sites (tertiary alicyclic amines) is 1. The Hall–Kier alpha value is -0.850. The number of rotatable bonds is 3.